The minimum absolute atomic E-state index is 0.838. The van der Waals surface area contributed by atoms with Crippen LogP contribution in [0.15, 0.2) is 35.2 Å². The molecular formula is C15H23NOS. The zero-order chi connectivity index (χ0) is 12.6. The maximum Gasteiger partial charge on any atom is 0.0469 e. The molecule has 1 fully saturated rings. The summed E-state index contributed by atoms with van der Waals surface area (Å²) in [6, 6.07) is 10.6. The minimum atomic E-state index is 0.838. The van der Waals surface area contributed by atoms with Gasteiger partial charge >= 0.3 is 0 Å². The van der Waals surface area contributed by atoms with E-state index in [4.69, 9.17) is 4.74 Å². The predicted octanol–water partition coefficient (Wildman–Crippen LogP) is 3.14. The highest BCUT2D eigenvalue weighted by Gasteiger charge is 2.15. The SMILES string of the molecule is CN(CCSc1ccccc1)CC1CCOCC1. The Kier molecular flexibility index (Phi) is 6.05. The fourth-order valence-corrected chi connectivity index (χ4v) is 3.29. The predicted molar refractivity (Wildman–Crippen MR) is 78.2 cm³/mol. The van der Waals surface area contributed by atoms with Gasteiger partial charge in [0.05, 0.1) is 0 Å². The zero-order valence-corrected chi connectivity index (χ0v) is 12.0. The molecular weight excluding hydrogens is 242 g/mol. The smallest absolute Gasteiger partial charge is 0.0469 e. The molecule has 0 amide bonds. The van der Waals surface area contributed by atoms with Crippen molar-refractivity contribution in [1.29, 1.82) is 0 Å². The van der Waals surface area contributed by atoms with Gasteiger partial charge in [-0.25, -0.2) is 0 Å². The molecule has 0 bridgehead atoms. The molecule has 1 aliphatic heterocycles. The Labute approximate surface area is 115 Å². The Morgan fingerprint density at radius 1 is 1.22 bits per heavy atom. The van der Waals surface area contributed by atoms with E-state index in [0.717, 1.165) is 25.7 Å². The molecule has 18 heavy (non-hydrogen) atoms. The highest BCUT2D eigenvalue weighted by Crippen LogP contribution is 2.18. The molecule has 0 spiro atoms. The van der Waals surface area contributed by atoms with E-state index >= 15 is 0 Å². The summed E-state index contributed by atoms with van der Waals surface area (Å²) in [7, 11) is 2.24. The van der Waals surface area contributed by atoms with Crippen molar-refractivity contribution >= 4 is 11.8 Å². The van der Waals surface area contributed by atoms with E-state index in [0.29, 0.717) is 0 Å². The number of benzene rings is 1. The lowest BCUT2D eigenvalue weighted by atomic mass is 10.00. The normalized spacial score (nSPS) is 17.2. The van der Waals surface area contributed by atoms with Gasteiger partial charge in [-0.3, -0.25) is 0 Å². The molecule has 3 heteroatoms. The van der Waals surface area contributed by atoms with Gasteiger partial charge in [-0.05, 0) is 37.9 Å². The van der Waals surface area contributed by atoms with Crippen molar-refractivity contribution in [2.24, 2.45) is 5.92 Å². The van der Waals surface area contributed by atoms with E-state index < -0.39 is 0 Å². The van der Waals surface area contributed by atoms with Gasteiger partial charge in [0.15, 0.2) is 0 Å². The molecule has 1 heterocycles. The molecule has 1 aromatic carbocycles. The average Bonchev–Trinajstić information content (AvgIpc) is 2.41. The highest BCUT2D eigenvalue weighted by molar-refractivity contribution is 7.99. The first-order chi connectivity index (χ1) is 8.84. The molecule has 1 saturated heterocycles. The van der Waals surface area contributed by atoms with Gasteiger partial charge in [-0.2, -0.15) is 0 Å². The van der Waals surface area contributed by atoms with Crippen LogP contribution in [0.3, 0.4) is 0 Å². The molecule has 0 unspecified atom stereocenters. The Balaban J connectivity index is 1.61. The number of hydrogen-bond acceptors (Lipinski definition) is 3. The molecule has 2 rings (SSSR count). The molecule has 1 aliphatic rings. The summed E-state index contributed by atoms with van der Waals surface area (Å²) in [5.41, 5.74) is 0. The van der Waals surface area contributed by atoms with Gasteiger partial charge in [-0.15, -0.1) is 11.8 Å². The molecule has 1 aromatic rings. The number of thioether (sulfide) groups is 1. The highest BCUT2D eigenvalue weighted by atomic mass is 32.2. The summed E-state index contributed by atoms with van der Waals surface area (Å²) >= 11 is 1.94. The Morgan fingerprint density at radius 2 is 1.94 bits per heavy atom. The standard InChI is InChI=1S/C15H23NOS/c1-16(13-14-7-10-17-11-8-14)9-12-18-15-5-3-2-4-6-15/h2-6,14H,7-13H2,1H3. The third-order valence-electron chi connectivity index (χ3n) is 3.40. The van der Waals surface area contributed by atoms with Gasteiger partial charge in [-0.1, -0.05) is 18.2 Å². The van der Waals surface area contributed by atoms with Crippen LogP contribution in [0.5, 0.6) is 0 Å². The third-order valence-corrected chi connectivity index (χ3v) is 4.39. The number of nitrogens with zero attached hydrogens (tertiary/aromatic N) is 1. The zero-order valence-electron chi connectivity index (χ0n) is 11.2. The van der Waals surface area contributed by atoms with Crippen LogP contribution in [-0.4, -0.2) is 44.0 Å². The molecule has 0 N–H and O–H groups in total. The van der Waals surface area contributed by atoms with Crippen LogP contribution in [0.2, 0.25) is 0 Å². The van der Waals surface area contributed by atoms with E-state index in [1.165, 1.54) is 30.0 Å². The first-order valence-corrected chi connectivity index (χ1v) is 7.77. The van der Waals surface area contributed by atoms with Crippen LogP contribution in [0.1, 0.15) is 12.8 Å². The van der Waals surface area contributed by atoms with Crippen molar-refractivity contribution < 1.29 is 4.74 Å². The minimum Gasteiger partial charge on any atom is -0.381 e. The molecule has 0 saturated carbocycles. The van der Waals surface area contributed by atoms with E-state index in [-0.39, 0.29) is 0 Å². The van der Waals surface area contributed by atoms with Crippen LogP contribution < -0.4 is 0 Å². The third kappa shape index (κ3) is 5.01. The quantitative estimate of drug-likeness (QED) is 0.733. The largest absolute Gasteiger partial charge is 0.381 e. The summed E-state index contributed by atoms with van der Waals surface area (Å²) in [5, 5.41) is 0. The van der Waals surface area contributed by atoms with Crippen molar-refractivity contribution in [2.45, 2.75) is 17.7 Å². The summed E-state index contributed by atoms with van der Waals surface area (Å²) < 4.78 is 5.40. The number of rotatable bonds is 6. The first-order valence-electron chi connectivity index (χ1n) is 6.79. The molecule has 0 atom stereocenters. The fourth-order valence-electron chi connectivity index (χ4n) is 2.30. The van der Waals surface area contributed by atoms with Crippen LogP contribution >= 0.6 is 11.8 Å². The monoisotopic (exact) mass is 265 g/mol. The second-order valence-electron chi connectivity index (χ2n) is 4.98. The van der Waals surface area contributed by atoms with Gasteiger partial charge in [0, 0.05) is 37.0 Å². The summed E-state index contributed by atoms with van der Waals surface area (Å²) in [4.78, 5) is 3.84. The lowest BCUT2D eigenvalue weighted by Gasteiger charge is -2.26. The van der Waals surface area contributed by atoms with Crippen LogP contribution in [0.4, 0.5) is 0 Å². The van der Waals surface area contributed by atoms with E-state index in [2.05, 4.69) is 42.3 Å². The van der Waals surface area contributed by atoms with E-state index in [9.17, 15) is 0 Å². The maximum absolute atomic E-state index is 5.40. The molecule has 100 valence electrons. The topological polar surface area (TPSA) is 12.5 Å². The van der Waals surface area contributed by atoms with E-state index in [1.54, 1.807) is 0 Å². The Morgan fingerprint density at radius 3 is 2.67 bits per heavy atom. The summed E-state index contributed by atoms with van der Waals surface area (Å²) in [6.45, 7) is 4.30. The Bertz CT molecular complexity index is 325. The van der Waals surface area contributed by atoms with Crippen molar-refractivity contribution in [1.82, 2.24) is 4.90 Å². The average molecular weight is 265 g/mol. The number of hydrogen-bond donors (Lipinski definition) is 0. The molecule has 0 aliphatic carbocycles. The van der Waals surface area contributed by atoms with Crippen molar-refractivity contribution in [3.8, 4) is 0 Å². The second kappa shape index (κ2) is 7.82. The van der Waals surface area contributed by atoms with Crippen LogP contribution in [-0.2, 0) is 4.74 Å². The van der Waals surface area contributed by atoms with Gasteiger partial charge in [0.2, 0.25) is 0 Å². The lowest BCUT2D eigenvalue weighted by Crippen LogP contribution is -2.31. The van der Waals surface area contributed by atoms with Gasteiger partial charge < -0.3 is 9.64 Å². The Hall–Kier alpha value is -0.510. The van der Waals surface area contributed by atoms with Gasteiger partial charge in [0.25, 0.3) is 0 Å². The second-order valence-corrected chi connectivity index (χ2v) is 6.15. The van der Waals surface area contributed by atoms with E-state index in [1.807, 2.05) is 11.8 Å². The van der Waals surface area contributed by atoms with Crippen LogP contribution in [0.25, 0.3) is 0 Å². The van der Waals surface area contributed by atoms with Crippen molar-refractivity contribution in [2.75, 3.05) is 39.1 Å². The fraction of sp³-hybridized carbons (Fsp3) is 0.600. The first kappa shape index (κ1) is 13.9. The molecule has 0 aromatic heterocycles. The number of ether oxygens (including phenoxy) is 1. The summed E-state index contributed by atoms with van der Waals surface area (Å²) in [6.07, 6.45) is 2.46. The van der Waals surface area contributed by atoms with Crippen molar-refractivity contribution in [3.05, 3.63) is 30.3 Å². The van der Waals surface area contributed by atoms with Gasteiger partial charge in [0.1, 0.15) is 0 Å². The maximum atomic E-state index is 5.40. The lowest BCUT2D eigenvalue weighted by molar-refractivity contribution is 0.0564. The van der Waals surface area contributed by atoms with Crippen molar-refractivity contribution in [3.63, 3.8) is 0 Å². The molecule has 2 nitrogen and oxygen atoms in total. The molecule has 0 radical (unpaired) electrons. The van der Waals surface area contributed by atoms with Crippen LogP contribution in [0, 0.1) is 5.92 Å². The summed E-state index contributed by atoms with van der Waals surface area (Å²) in [5.74, 6) is 2.01.